The Hall–Kier alpha value is -1.26. The maximum Gasteiger partial charge on any atom is 0.126 e. The Morgan fingerprint density at radius 3 is 3.20 bits per heavy atom. The van der Waals surface area contributed by atoms with E-state index in [1.165, 1.54) is 5.56 Å². The topological polar surface area (TPSA) is 50.7 Å². The first-order valence-corrected chi connectivity index (χ1v) is 5.00. The highest BCUT2D eigenvalue weighted by atomic mass is 16.5. The quantitative estimate of drug-likeness (QED) is 0.735. The maximum atomic E-state index is 8.62. The summed E-state index contributed by atoms with van der Waals surface area (Å²) >= 11 is 0. The van der Waals surface area contributed by atoms with Crippen molar-refractivity contribution in [3.8, 4) is 11.5 Å². The van der Waals surface area contributed by atoms with Crippen molar-refractivity contribution in [1.82, 2.24) is 5.48 Å². The predicted octanol–water partition coefficient (Wildman–Crippen LogP) is 1.23. The van der Waals surface area contributed by atoms with Crippen molar-refractivity contribution >= 4 is 0 Å². The Morgan fingerprint density at radius 2 is 2.47 bits per heavy atom. The Morgan fingerprint density at radius 1 is 1.60 bits per heavy atom. The second-order valence-electron chi connectivity index (χ2n) is 3.72. The molecule has 0 aromatic heterocycles. The van der Waals surface area contributed by atoms with E-state index in [1.807, 2.05) is 18.2 Å². The highest BCUT2D eigenvalue weighted by molar-refractivity contribution is 5.42. The van der Waals surface area contributed by atoms with Crippen molar-refractivity contribution in [2.45, 2.75) is 6.42 Å². The molecule has 0 fully saturated rings. The number of ether oxygens (including phenoxy) is 2. The Balaban J connectivity index is 2.13. The minimum Gasteiger partial charge on any atom is -0.497 e. The number of benzene rings is 1. The molecule has 0 saturated heterocycles. The van der Waals surface area contributed by atoms with Crippen molar-refractivity contribution in [1.29, 1.82) is 0 Å². The zero-order chi connectivity index (χ0) is 10.7. The lowest BCUT2D eigenvalue weighted by atomic mass is 9.97. The molecule has 15 heavy (non-hydrogen) atoms. The molecule has 4 nitrogen and oxygen atoms in total. The van der Waals surface area contributed by atoms with Gasteiger partial charge in [0.2, 0.25) is 0 Å². The van der Waals surface area contributed by atoms with E-state index in [0.717, 1.165) is 17.9 Å². The Labute approximate surface area is 88.8 Å². The number of methoxy groups -OCH3 is 1. The van der Waals surface area contributed by atoms with Gasteiger partial charge >= 0.3 is 0 Å². The van der Waals surface area contributed by atoms with E-state index in [2.05, 4.69) is 5.48 Å². The number of hydrogen-bond acceptors (Lipinski definition) is 4. The van der Waals surface area contributed by atoms with Gasteiger partial charge in [-0.25, -0.2) is 5.48 Å². The van der Waals surface area contributed by atoms with Crippen LogP contribution in [0.5, 0.6) is 11.5 Å². The van der Waals surface area contributed by atoms with Gasteiger partial charge in [-0.2, -0.15) is 0 Å². The summed E-state index contributed by atoms with van der Waals surface area (Å²) in [5.74, 6) is 2.03. The standard InChI is InChI=1S/C11H15NO3/c1-14-10-3-2-9-4-8(6-12-13)7-15-11(9)5-10/h2-3,5,8,12-13H,4,6-7H2,1H3. The zero-order valence-electron chi connectivity index (χ0n) is 8.69. The van der Waals surface area contributed by atoms with E-state index in [9.17, 15) is 0 Å². The van der Waals surface area contributed by atoms with E-state index in [0.29, 0.717) is 19.1 Å². The van der Waals surface area contributed by atoms with Crippen LogP contribution in [0.25, 0.3) is 0 Å². The molecule has 0 amide bonds. The summed E-state index contributed by atoms with van der Waals surface area (Å²) in [6.07, 6.45) is 0.923. The molecule has 0 aliphatic carbocycles. The molecule has 1 aromatic rings. The van der Waals surface area contributed by atoms with Crippen molar-refractivity contribution < 1.29 is 14.7 Å². The smallest absolute Gasteiger partial charge is 0.126 e. The molecule has 1 heterocycles. The maximum absolute atomic E-state index is 8.62. The first-order valence-electron chi connectivity index (χ1n) is 5.00. The molecule has 0 spiro atoms. The summed E-state index contributed by atoms with van der Waals surface area (Å²) in [5, 5.41) is 8.62. The van der Waals surface area contributed by atoms with Crippen LogP contribution < -0.4 is 15.0 Å². The molecule has 1 atom stereocenters. The molecular weight excluding hydrogens is 194 g/mol. The molecule has 0 radical (unpaired) electrons. The second-order valence-corrected chi connectivity index (χ2v) is 3.72. The first kappa shape index (κ1) is 10.3. The normalized spacial score (nSPS) is 19.2. The van der Waals surface area contributed by atoms with Crippen molar-refractivity contribution in [3.63, 3.8) is 0 Å². The van der Waals surface area contributed by atoms with E-state index < -0.39 is 0 Å². The number of rotatable bonds is 3. The van der Waals surface area contributed by atoms with Crippen molar-refractivity contribution in [2.24, 2.45) is 5.92 Å². The second kappa shape index (κ2) is 4.51. The average molecular weight is 209 g/mol. The molecule has 1 aromatic carbocycles. The van der Waals surface area contributed by atoms with Gasteiger partial charge in [-0.1, -0.05) is 6.07 Å². The molecule has 2 rings (SSSR count). The van der Waals surface area contributed by atoms with Gasteiger partial charge in [0, 0.05) is 18.5 Å². The molecule has 1 aliphatic heterocycles. The van der Waals surface area contributed by atoms with Gasteiger partial charge in [0.05, 0.1) is 13.7 Å². The summed E-state index contributed by atoms with van der Waals surface area (Å²) in [7, 11) is 1.64. The van der Waals surface area contributed by atoms with E-state index in [1.54, 1.807) is 7.11 Å². The molecule has 1 unspecified atom stereocenters. The third-order valence-electron chi connectivity index (χ3n) is 2.64. The van der Waals surface area contributed by atoms with Gasteiger partial charge in [0.25, 0.3) is 0 Å². The summed E-state index contributed by atoms with van der Waals surface area (Å²) in [6.45, 7) is 1.19. The van der Waals surface area contributed by atoms with Crippen LogP contribution in [0.15, 0.2) is 18.2 Å². The van der Waals surface area contributed by atoms with Gasteiger partial charge in [-0.3, -0.25) is 0 Å². The Kier molecular flexibility index (Phi) is 3.08. The van der Waals surface area contributed by atoms with Gasteiger partial charge < -0.3 is 14.7 Å². The van der Waals surface area contributed by atoms with Crippen LogP contribution in [-0.2, 0) is 6.42 Å². The minimum atomic E-state index is 0.330. The fraction of sp³-hybridized carbons (Fsp3) is 0.455. The van der Waals surface area contributed by atoms with Gasteiger partial charge in [-0.15, -0.1) is 0 Å². The third-order valence-corrected chi connectivity index (χ3v) is 2.64. The van der Waals surface area contributed by atoms with Crippen LogP contribution in [0.3, 0.4) is 0 Å². The summed E-state index contributed by atoms with van der Waals surface area (Å²) in [5.41, 5.74) is 3.35. The van der Waals surface area contributed by atoms with Crippen LogP contribution in [-0.4, -0.2) is 25.5 Å². The predicted molar refractivity (Wildman–Crippen MR) is 55.5 cm³/mol. The van der Waals surface area contributed by atoms with E-state index in [4.69, 9.17) is 14.7 Å². The lowest BCUT2D eigenvalue weighted by molar-refractivity contribution is 0.123. The van der Waals surface area contributed by atoms with Crippen LogP contribution >= 0.6 is 0 Å². The lowest BCUT2D eigenvalue weighted by Crippen LogP contribution is -2.29. The van der Waals surface area contributed by atoms with Gasteiger partial charge in [0.1, 0.15) is 11.5 Å². The first-order chi connectivity index (χ1) is 7.33. The number of hydroxylamine groups is 1. The van der Waals surface area contributed by atoms with Crippen LogP contribution in [0, 0.1) is 5.92 Å². The van der Waals surface area contributed by atoms with Crippen LogP contribution in [0.2, 0.25) is 0 Å². The molecule has 0 saturated carbocycles. The van der Waals surface area contributed by atoms with Gasteiger partial charge in [0.15, 0.2) is 0 Å². The monoisotopic (exact) mass is 209 g/mol. The summed E-state index contributed by atoms with van der Waals surface area (Å²) in [6, 6.07) is 5.84. The summed E-state index contributed by atoms with van der Waals surface area (Å²) in [4.78, 5) is 0. The third kappa shape index (κ3) is 2.22. The highest BCUT2D eigenvalue weighted by Crippen LogP contribution is 2.30. The van der Waals surface area contributed by atoms with Crippen molar-refractivity contribution in [2.75, 3.05) is 20.3 Å². The fourth-order valence-electron chi connectivity index (χ4n) is 1.80. The van der Waals surface area contributed by atoms with E-state index >= 15 is 0 Å². The minimum absolute atomic E-state index is 0.330. The van der Waals surface area contributed by atoms with E-state index in [-0.39, 0.29) is 0 Å². The van der Waals surface area contributed by atoms with Crippen molar-refractivity contribution in [3.05, 3.63) is 23.8 Å². The number of nitrogens with one attached hydrogen (secondary N) is 1. The van der Waals surface area contributed by atoms with Crippen LogP contribution in [0.1, 0.15) is 5.56 Å². The fourth-order valence-corrected chi connectivity index (χ4v) is 1.80. The largest absolute Gasteiger partial charge is 0.497 e. The summed E-state index contributed by atoms with van der Waals surface area (Å²) < 4.78 is 10.7. The molecule has 82 valence electrons. The van der Waals surface area contributed by atoms with Gasteiger partial charge in [-0.05, 0) is 18.1 Å². The molecule has 1 aliphatic rings. The van der Waals surface area contributed by atoms with Crippen LogP contribution in [0.4, 0.5) is 0 Å². The Bertz CT molecular complexity index is 341. The lowest BCUT2D eigenvalue weighted by Gasteiger charge is -2.25. The SMILES string of the molecule is COc1ccc2c(c1)OCC(CNO)C2. The zero-order valence-corrected chi connectivity index (χ0v) is 8.69. The molecular formula is C11H15NO3. The number of fused-ring (bicyclic) bond motifs is 1. The number of hydrogen-bond donors (Lipinski definition) is 2. The average Bonchev–Trinajstić information content (AvgIpc) is 2.29. The highest BCUT2D eigenvalue weighted by Gasteiger charge is 2.19. The molecule has 2 N–H and O–H groups in total. The molecule has 0 bridgehead atoms. The molecule has 4 heteroatoms.